The van der Waals surface area contributed by atoms with Gasteiger partial charge in [-0.1, -0.05) is 17.7 Å². The summed E-state index contributed by atoms with van der Waals surface area (Å²) in [5, 5.41) is 15.1. The number of aliphatic carboxylic acids is 1. The molecule has 1 aromatic carbocycles. The second kappa shape index (κ2) is 6.24. The molecule has 0 aliphatic heterocycles. The summed E-state index contributed by atoms with van der Waals surface area (Å²) in [4.78, 5) is 22.9. The van der Waals surface area contributed by atoms with Crippen molar-refractivity contribution in [3.63, 3.8) is 0 Å². The van der Waals surface area contributed by atoms with Crippen LogP contribution < -0.4 is 10.6 Å². The number of halogens is 1. The molecule has 1 fully saturated rings. The molecule has 20 heavy (non-hydrogen) atoms. The first-order valence-electron chi connectivity index (χ1n) is 6.49. The van der Waals surface area contributed by atoms with Gasteiger partial charge in [-0.3, -0.25) is 14.9 Å². The number of rotatable bonds is 6. The average molecular weight is 297 g/mol. The number of anilines is 1. The molecule has 1 unspecified atom stereocenters. The number of aryl methyl sites for hydroxylation is 1. The molecule has 0 aromatic heterocycles. The summed E-state index contributed by atoms with van der Waals surface area (Å²) in [7, 11) is 0. The van der Waals surface area contributed by atoms with Gasteiger partial charge in [0, 0.05) is 10.7 Å². The van der Waals surface area contributed by atoms with Crippen LogP contribution in [0, 0.1) is 12.8 Å². The highest BCUT2D eigenvalue weighted by Crippen LogP contribution is 2.32. The molecule has 0 radical (unpaired) electrons. The first-order chi connectivity index (χ1) is 9.47. The Morgan fingerprint density at radius 2 is 2.15 bits per heavy atom. The van der Waals surface area contributed by atoms with E-state index in [-0.39, 0.29) is 18.4 Å². The van der Waals surface area contributed by atoms with Crippen LogP contribution in [-0.4, -0.2) is 29.6 Å². The van der Waals surface area contributed by atoms with Crippen molar-refractivity contribution >= 4 is 29.2 Å². The Kier molecular flexibility index (Phi) is 4.62. The monoisotopic (exact) mass is 296 g/mol. The van der Waals surface area contributed by atoms with Gasteiger partial charge in [0.15, 0.2) is 0 Å². The van der Waals surface area contributed by atoms with Gasteiger partial charge in [0.25, 0.3) is 0 Å². The maximum absolute atomic E-state index is 11.8. The van der Waals surface area contributed by atoms with E-state index >= 15 is 0 Å². The third kappa shape index (κ3) is 3.95. The van der Waals surface area contributed by atoms with Gasteiger partial charge in [-0.15, -0.1) is 0 Å². The first kappa shape index (κ1) is 14.8. The third-order valence-electron chi connectivity index (χ3n) is 3.32. The van der Waals surface area contributed by atoms with Crippen molar-refractivity contribution in [1.82, 2.24) is 5.32 Å². The Bertz CT molecular complexity index is 529. The lowest BCUT2D eigenvalue weighted by Crippen LogP contribution is -2.42. The number of hydrogen-bond acceptors (Lipinski definition) is 3. The van der Waals surface area contributed by atoms with Crippen LogP contribution >= 0.6 is 11.6 Å². The number of benzene rings is 1. The number of carbonyl (C=O) groups is 2. The fourth-order valence-electron chi connectivity index (χ4n) is 2.01. The van der Waals surface area contributed by atoms with Crippen LogP contribution in [-0.2, 0) is 9.59 Å². The summed E-state index contributed by atoms with van der Waals surface area (Å²) in [5.74, 6) is -1.03. The molecule has 0 heterocycles. The topological polar surface area (TPSA) is 78.4 Å². The Hall–Kier alpha value is -1.59. The Balaban J connectivity index is 1.88. The molecule has 5 nitrogen and oxygen atoms in total. The molecule has 1 saturated carbocycles. The zero-order chi connectivity index (χ0) is 14.7. The number of amides is 1. The molecule has 2 rings (SSSR count). The summed E-state index contributed by atoms with van der Waals surface area (Å²) in [6, 6.07) is 4.60. The minimum absolute atomic E-state index is 0.0284. The van der Waals surface area contributed by atoms with Crippen LogP contribution in [0.5, 0.6) is 0 Å². The van der Waals surface area contributed by atoms with Crippen molar-refractivity contribution in [1.29, 1.82) is 0 Å². The predicted molar refractivity (Wildman–Crippen MR) is 77.0 cm³/mol. The minimum atomic E-state index is -0.903. The summed E-state index contributed by atoms with van der Waals surface area (Å²) < 4.78 is 0. The molecular weight excluding hydrogens is 280 g/mol. The van der Waals surface area contributed by atoms with Crippen molar-refractivity contribution < 1.29 is 14.7 Å². The normalized spacial score (nSPS) is 15.7. The lowest BCUT2D eigenvalue weighted by molar-refractivity contribution is -0.140. The molecule has 108 valence electrons. The molecule has 1 atom stereocenters. The van der Waals surface area contributed by atoms with E-state index < -0.39 is 12.0 Å². The van der Waals surface area contributed by atoms with E-state index in [1.54, 1.807) is 12.1 Å². The predicted octanol–water partition coefficient (Wildman–Crippen LogP) is 2.04. The minimum Gasteiger partial charge on any atom is -0.480 e. The number of carbonyl (C=O) groups excluding carboxylic acids is 1. The molecule has 6 heteroatoms. The van der Waals surface area contributed by atoms with Gasteiger partial charge in [0.05, 0.1) is 6.54 Å². The molecule has 1 aliphatic rings. The van der Waals surface area contributed by atoms with Gasteiger partial charge in [0.2, 0.25) is 5.91 Å². The van der Waals surface area contributed by atoms with Crippen LogP contribution in [0.25, 0.3) is 0 Å². The van der Waals surface area contributed by atoms with E-state index in [1.165, 1.54) is 0 Å². The molecule has 1 amide bonds. The Morgan fingerprint density at radius 3 is 2.75 bits per heavy atom. The zero-order valence-corrected chi connectivity index (χ0v) is 11.9. The quantitative estimate of drug-likeness (QED) is 0.750. The smallest absolute Gasteiger partial charge is 0.320 e. The highest BCUT2D eigenvalue weighted by molar-refractivity contribution is 6.31. The Morgan fingerprint density at radius 1 is 1.45 bits per heavy atom. The number of nitrogens with one attached hydrogen (secondary N) is 2. The maximum Gasteiger partial charge on any atom is 0.320 e. The lowest BCUT2D eigenvalue weighted by atomic mass is 10.2. The summed E-state index contributed by atoms with van der Waals surface area (Å²) in [6.45, 7) is 1.84. The molecule has 0 spiro atoms. The van der Waals surface area contributed by atoms with Crippen LogP contribution in [0.1, 0.15) is 18.4 Å². The highest BCUT2D eigenvalue weighted by Gasteiger charge is 2.36. The van der Waals surface area contributed by atoms with Crippen molar-refractivity contribution in [2.24, 2.45) is 5.92 Å². The van der Waals surface area contributed by atoms with Gasteiger partial charge in [0.1, 0.15) is 6.04 Å². The van der Waals surface area contributed by atoms with Gasteiger partial charge >= 0.3 is 5.97 Å². The van der Waals surface area contributed by atoms with E-state index in [2.05, 4.69) is 10.6 Å². The van der Waals surface area contributed by atoms with E-state index in [1.807, 2.05) is 13.0 Å². The van der Waals surface area contributed by atoms with E-state index in [0.717, 1.165) is 18.4 Å². The second-order valence-electron chi connectivity index (χ2n) is 5.04. The number of carboxylic acids is 1. The molecule has 0 bridgehead atoms. The second-order valence-corrected chi connectivity index (χ2v) is 5.48. The lowest BCUT2D eigenvalue weighted by Gasteiger charge is -2.14. The number of hydrogen-bond donors (Lipinski definition) is 3. The van der Waals surface area contributed by atoms with Crippen LogP contribution in [0.2, 0.25) is 5.02 Å². The van der Waals surface area contributed by atoms with Crippen molar-refractivity contribution in [2.75, 3.05) is 11.9 Å². The zero-order valence-electron chi connectivity index (χ0n) is 11.1. The molecule has 1 aliphatic carbocycles. The fraction of sp³-hybridized carbons (Fsp3) is 0.429. The summed E-state index contributed by atoms with van der Waals surface area (Å²) in [6.07, 6.45) is 1.80. The Labute approximate surface area is 122 Å². The molecule has 0 saturated heterocycles. The van der Waals surface area contributed by atoms with Crippen LogP contribution in [0.3, 0.4) is 0 Å². The van der Waals surface area contributed by atoms with Crippen molar-refractivity contribution in [3.8, 4) is 0 Å². The summed E-state index contributed by atoms with van der Waals surface area (Å²) >= 11 is 5.87. The summed E-state index contributed by atoms with van der Waals surface area (Å²) in [5.41, 5.74) is 1.54. The van der Waals surface area contributed by atoms with Crippen LogP contribution in [0.15, 0.2) is 18.2 Å². The van der Waals surface area contributed by atoms with E-state index in [4.69, 9.17) is 16.7 Å². The molecule has 3 N–H and O–H groups in total. The fourth-order valence-corrected chi connectivity index (χ4v) is 2.18. The van der Waals surface area contributed by atoms with E-state index in [9.17, 15) is 9.59 Å². The highest BCUT2D eigenvalue weighted by atomic mass is 35.5. The standard InChI is InChI=1S/C14H17ClN2O3/c1-8-2-5-10(15)6-11(8)17-12(18)7-16-13(14(19)20)9-3-4-9/h2,5-6,9,13,16H,3-4,7H2,1H3,(H,17,18)(H,19,20). The van der Waals surface area contributed by atoms with Gasteiger partial charge in [-0.2, -0.15) is 0 Å². The van der Waals surface area contributed by atoms with Crippen LogP contribution in [0.4, 0.5) is 5.69 Å². The first-order valence-corrected chi connectivity index (χ1v) is 6.87. The largest absolute Gasteiger partial charge is 0.480 e. The SMILES string of the molecule is Cc1ccc(Cl)cc1NC(=O)CNC(C(=O)O)C1CC1. The maximum atomic E-state index is 11.8. The van der Waals surface area contributed by atoms with Gasteiger partial charge in [-0.05, 0) is 43.4 Å². The average Bonchev–Trinajstić information content (AvgIpc) is 3.18. The number of carboxylic acid groups (broad SMARTS) is 1. The third-order valence-corrected chi connectivity index (χ3v) is 3.55. The van der Waals surface area contributed by atoms with Crippen molar-refractivity contribution in [3.05, 3.63) is 28.8 Å². The molecule has 1 aromatic rings. The van der Waals surface area contributed by atoms with Gasteiger partial charge in [-0.25, -0.2) is 0 Å². The van der Waals surface area contributed by atoms with Gasteiger partial charge < -0.3 is 10.4 Å². The van der Waals surface area contributed by atoms with Crippen molar-refractivity contribution in [2.45, 2.75) is 25.8 Å². The molecular formula is C14H17ClN2O3. The van der Waals surface area contributed by atoms with E-state index in [0.29, 0.717) is 10.7 Å².